The zero-order valence-corrected chi connectivity index (χ0v) is 8.04. The Bertz CT molecular complexity index is 229. The average Bonchev–Trinajstić information content (AvgIpc) is 2.47. The second-order valence-electron chi connectivity index (χ2n) is 3.21. The summed E-state index contributed by atoms with van der Waals surface area (Å²) >= 11 is 0. The Balaban J connectivity index is 2.47. The summed E-state index contributed by atoms with van der Waals surface area (Å²) in [4.78, 5) is 0. The Morgan fingerprint density at radius 2 is 2.42 bits per heavy atom. The predicted octanol–water partition coefficient (Wildman–Crippen LogP) is 1.13. The number of nitrogens with one attached hydrogen (secondary N) is 1. The van der Waals surface area contributed by atoms with Crippen molar-refractivity contribution in [2.45, 2.75) is 19.3 Å². The topological polar surface area (TPSA) is 29.9 Å². The van der Waals surface area contributed by atoms with Crippen molar-refractivity contribution in [1.29, 1.82) is 0 Å². The van der Waals surface area contributed by atoms with Gasteiger partial charge in [0.25, 0.3) is 0 Å². The summed E-state index contributed by atoms with van der Waals surface area (Å²) in [6, 6.07) is 2.08. The normalized spacial score (nSPS) is 13.2. The molecule has 1 N–H and O–H groups in total. The van der Waals surface area contributed by atoms with Crippen molar-refractivity contribution in [3.8, 4) is 0 Å². The van der Waals surface area contributed by atoms with Gasteiger partial charge in [-0.05, 0) is 26.1 Å². The average molecular weight is 167 g/mol. The Morgan fingerprint density at radius 3 is 2.92 bits per heavy atom. The number of aromatic nitrogens is 2. The highest BCUT2D eigenvalue weighted by atomic mass is 15.2. The van der Waals surface area contributed by atoms with Crippen LogP contribution in [0.2, 0.25) is 0 Å². The molecule has 1 aromatic rings. The quantitative estimate of drug-likeness (QED) is 0.728. The van der Waals surface area contributed by atoms with Crippen LogP contribution in [-0.2, 0) is 7.05 Å². The van der Waals surface area contributed by atoms with E-state index in [9.17, 15) is 0 Å². The summed E-state index contributed by atoms with van der Waals surface area (Å²) in [6.07, 6.45) is 3.14. The van der Waals surface area contributed by atoms with Gasteiger partial charge in [0, 0.05) is 19.2 Å². The minimum atomic E-state index is 0.554. The largest absolute Gasteiger partial charge is 0.320 e. The Hall–Kier alpha value is -0.830. The molecular formula is C9H17N3. The summed E-state index contributed by atoms with van der Waals surface area (Å²) in [6.45, 7) is 3.26. The number of hydrogen-bond donors (Lipinski definition) is 1. The van der Waals surface area contributed by atoms with Gasteiger partial charge in [0.2, 0.25) is 0 Å². The smallest absolute Gasteiger partial charge is 0.0653 e. The maximum atomic E-state index is 4.35. The van der Waals surface area contributed by atoms with Crippen LogP contribution in [-0.4, -0.2) is 23.4 Å². The molecule has 0 radical (unpaired) electrons. The van der Waals surface area contributed by atoms with Gasteiger partial charge in [0.1, 0.15) is 0 Å². The third-order valence-electron chi connectivity index (χ3n) is 2.07. The van der Waals surface area contributed by atoms with E-state index in [-0.39, 0.29) is 0 Å². The first kappa shape index (κ1) is 9.26. The lowest BCUT2D eigenvalue weighted by molar-refractivity contribution is 0.608. The van der Waals surface area contributed by atoms with Crippen LogP contribution < -0.4 is 5.32 Å². The zero-order chi connectivity index (χ0) is 8.97. The molecule has 0 aliphatic carbocycles. The molecule has 12 heavy (non-hydrogen) atoms. The van der Waals surface area contributed by atoms with Crippen LogP contribution in [0, 0.1) is 0 Å². The molecule has 0 spiro atoms. The van der Waals surface area contributed by atoms with E-state index in [0.717, 1.165) is 13.0 Å². The van der Waals surface area contributed by atoms with E-state index in [0.29, 0.717) is 5.92 Å². The molecule has 1 unspecified atom stereocenters. The summed E-state index contributed by atoms with van der Waals surface area (Å²) in [7, 11) is 3.93. The Labute approximate surface area is 73.8 Å². The van der Waals surface area contributed by atoms with Crippen molar-refractivity contribution in [2.24, 2.45) is 7.05 Å². The Kier molecular flexibility index (Phi) is 3.29. The molecule has 1 atom stereocenters. The van der Waals surface area contributed by atoms with E-state index in [2.05, 4.69) is 23.4 Å². The summed E-state index contributed by atoms with van der Waals surface area (Å²) in [5, 5.41) is 7.49. The minimum absolute atomic E-state index is 0.554. The molecule has 0 bridgehead atoms. The third kappa shape index (κ3) is 2.34. The van der Waals surface area contributed by atoms with E-state index in [1.807, 2.05) is 25.0 Å². The maximum Gasteiger partial charge on any atom is 0.0653 e. The van der Waals surface area contributed by atoms with Crippen molar-refractivity contribution in [1.82, 2.24) is 15.1 Å². The molecule has 0 amide bonds. The second kappa shape index (κ2) is 4.26. The van der Waals surface area contributed by atoms with Gasteiger partial charge in [0.15, 0.2) is 0 Å². The van der Waals surface area contributed by atoms with Crippen molar-refractivity contribution >= 4 is 0 Å². The molecule has 0 aromatic carbocycles. The molecule has 1 aromatic heterocycles. The fraction of sp³-hybridized carbons (Fsp3) is 0.667. The van der Waals surface area contributed by atoms with Crippen LogP contribution in [0.25, 0.3) is 0 Å². The van der Waals surface area contributed by atoms with Gasteiger partial charge < -0.3 is 5.32 Å². The van der Waals surface area contributed by atoms with Gasteiger partial charge in [-0.15, -0.1) is 0 Å². The van der Waals surface area contributed by atoms with E-state index in [1.54, 1.807) is 0 Å². The van der Waals surface area contributed by atoms with Gasteiger partial charge >= 0.3 is 0 Å². The number of rotatable bonds is 4. The molecule has 1 rings (SSSR count). The third-order valence-corrected chi connectivity index (χ3v) is 2.07. The van der Waals surface area contributed by atoms with Crippen LogP contribution in [0.1, 0.15) is 25.0 Å². The monoisotopic (exact) mass is 167 g/mol. The van der Waals surface area contributed by atoms with Crippen molar-refractivity contribution < 1.29 is 0 Å². The zero-order valence-electron chi connectivity index (χ0n) is 8.04. The molecule has 0 saturated heterocycles. The van der Waals surface area contributed by atoms with Crippen molar-refractivity contribution in [3.63, 3.8) is 0 Å². The Morgan fingerprint density at radius 1 is 1.67 bits per heavy atom. The van der Waals surface area contributed by atoms with Crippen LogP contribution in [0.3, 0.4) is 0 Å². The highest BCUT2D eigenvalue weighted by Gasteiger charge is 2.06. The van der Waals surface area contributed by atoms with E-state index in [4.69, 9.17) is 0 Å². The highest BCUT2D eigenvalue weighted by Crippen LogP contribution is 2.15. The summed E-state index contributed by atoms with van der Waals surface area (Å²) in [5.74, 6) is 0.554. The molecule has 68 valence electrons. The molecule has 3 nitrogen and oxygen atoms in total. The minimum Gasteiger partial charge on any atom is -0.320 e. The van der Waals surface area contributed by atoms with Crippen LogP contribution in [0.5, 0.6) is 0 Å². The lowest BCUT2D eigenvalue weighted by Crippen LogP contribution is -2.11. The first-order chi connectivity index (χ1) is 5.74. The molecule has 0 aliphatic heterocycles. The van der Waals surface area contributed by atoms with Crippen molar-refractivity contribution in [3.05, 3.63) is 18.0 Å². The summed E-state index contributed by atoms with van der Waals surface area (Å²) in [5.41, 5.74) is 1.19. The molecule has 1 heterocycles. The lowest BCUT2D eigenvalue weighted by Gasteiger charge is -2.06. The molecule has 0 fully saturated rings. The number of nitrogens with zero attached hydrogens (tertiary/aromatic N) is 2. The van der Waals surface area contributed by atoms with E-state index >= 15 is 0 Å². The van der Waals surface area contributed by atoms with Crippen LogP contribution in [0.4, 0.5) is 0 Å². The molecular weight excluding hydrogens is 150 g/mol. The SMILES string of the molecule is CNCCC(C)c1ccn(C)n1. The second-order valence-corrected chi connectivity index (χ2v) is 3.21. The van der Waals surface area contributed by atoms with Gasteiger partial charge in [-0.1, -0.05) is 6.92 Å². The predicted molar refractivity (Wildman–Crippen MR) is 50.2 cm³/mol. The van der Waals surface area contributed by atoms with Gasteiger partial charge in [-0.2, -0.15) is 5.10 Å². The van der Waals surface area contributed by atoms with Gasteiger partial charge in [-0.25, -0.2) is 0 Å². The first-order valence-corrected chi connectivity index (χ1v) is 4.38. The fourth-order valence-electron chi connectivity index (χ4n) is 1.20. The van der Waals surface area contributed by atoms with Crippen LogP contribution in [0.15, 0.2) is 12.3 Å². The standard InChI is InChI=1S/C9H17N3/c1-8(4-6-10-2)9-5-7-12(3)11-9/h5,7-8,10H,4,6H2,1-3H3. The van der Waals surface area contributed by atoms with E-state index in [1.165, 1.54) is 5.69 Å². The molecule has 3 heteroatoms. The molecule has 0 saturated carbocycles. The van der Waals surface area contributed by atoms with E-state index < -0.39 is 0 Å². The lowest BCUT2D eigenvalue weighted by atomic mass is 10.0. The van der Waals surface area contributed by atoms with Gasteiger partial charge in [-0.3, -0.25) is 4.68 Å². The number of hydrogen-bond acceptors (Lipinski definition) is 2. The first-order valence-electron chi connectivity index (χ1n) is 4.38. The maximum absolute atomic E-state index is 4.35. The van der Waals surface area contributed by atoms with Crippen molar-refractivity contribution in [2.75, 3.05) is 13.6 Å². The molecule has 0 aliphatic rings. The fourth-order valence-corrected chi connectivity index (χ4v) is 1.20. The summed E-state index contributed by atoms with van der Waals surface area (Å²) < 4.78 is 1.85. The number of aryl methyl sites for hydroxylation is 1. The van der Waals surface area contributed by atoms with Gasteiger partial charge in [0.05, 0.1) is 5.69 Å². The van der Waals surface area contributed by atoms with Crippen LogP contribution >= 0.6 is 0 Å². The highest BCUT2D eigenvalue weighted by molar-refractivity contribution is 5.04.